The highest BCUT2D eigenvalue weighted by Gasteiger charge is 2.51. The van der Waals surface area contributed by atoms with Crippen LogP contribution in [-0.2, 0) is 6.42 Å². The summed E-state index contributed by atoms with van der Waals surface area (Å²) in [7, 11) is 3.59. The molecule has 78 valence electrons. The summed E-state index contributed by atoms with van der Waals surface area (Å²) in [5.74, 6) is -1.66. The summed E-state index contributed by atoms with van der Waals surface area (Å²) in [6.07, 6.45) is 0.302. The minimum absolute atomic E-state index is 0. The molecule has 0 aromatic heterocycles. The van der Waals surface area contributed by atoms with Crippen molar-refractivity contribution >= 4 is 5.69 Å². The molecule has 14 heavy (non-hydrogen) atoms. The molecule has 4 heteroatoms. The van der Waals surface area contributed by atoms with Crippen molar-refractivity contribution in [3.05, 3.63) is 29.8 Å². The SMILES string of the molecule is C[N+]1(C)c2ccccc2CC1(O)O.[Cl-]. The number of hydrogen-bond donors (Lipinski definition) is 2. The monoisotopic (exact) mass is 215 g/mol. The molecule has 0 fully saturated rings. The van der Waals surface area contributed by atoms with Crippen molar-refractivity contribution in [2.24, 2.45) is 0 Å². The molecule has 2 rings (SSSR count). The van der Waals surface area contributed by atoms with Crippen LogP contribution in [0.15, 0.2) is 24.3 Å². The molecule has 1 aliphatic heterocycles. The van der Waals surface area contributed by atoms with Crippen molar-refractivity contribution in [2.75, 3.05) is 14.1 Å². The van der Waals surface area contributed by atoms with Gasteiger partial charge in [0.25, 0.3) is 0 Å². The topological polar surface area (TPSA) is 40.5 Å². The maximum atomic E-state index is 9.77. The maximum absolute atomic E-state index is 9.77. The molecular weight excluding hydrogens is 202 g/mol. The zero-order chi connectivity index (χ0) is 9.69. The zero-order valence-electron chi connectivity index (χ0n) is 8.24. The summed E-state index contributed by atoms with van der Waals surface area (Å²) in [5.41, 5.74) is 1.99. The van der Waals surface area contributed by atoms with E-state index in [1.807, 2.05) is 24.3 Å². The van der Waals surface area contributed by atoms with E-state index in [0.29, 0.717) is 6.42 Å². The molecule has 0 amide bonds. The van der Waals surface area contributed by atoms with Crippen LogP contribution >= 0.6 is 0 Å². The average molecular weight is 216 g/mol. The number of quaternary nitrogens is 1. The van der Waals surface area contributed by atoms with Crippen LogP contribution in [0, 0.1) is 0 Å². The normalized spacial score (nSPS) is 21.1. The van der Waals surface area contributed by atoms with Gasteiger partial charge in [-0.25, -0.2) is 4.48 Å². The molecule has 0 bridgehead atoms. The quantitative estimate of drug-likeness (QED) is 0.370. The predicted molar refractivity (Wildman–Crippen MR) is 51.0 cm³/mol. The number of nitrogens with zero attached hydrogens (tertiary/aromatic N) is 1. The van der Waals surface area contributed by atoms with Crippen LogP contribution in [0.2, 0.25) is 0 Å². The van der Waals surface area contributed by atoms with Gasteiger partial charge in [-0.05, 0) is 6.07 Å². The number of aliphatic hydroxyl groups is 2. The van der Waals surface area contributed by atoms with Gasteiger partial charge in [-0.3, -0.25) is 0 Å². The molecule has 0 saturated heterocycles. The van der Waals surface area contributed by atoms with E-state index >= 15 is 0 Å². The minimum atomic E-state index is -1.66. The molecule has 0 atom stereocenters. The Kier molecular flexibility index (Phi) is 2.63. The largest absolute Gasteiger partial charge is 1.00 e. The lowest BCUT2D eigenvalue weighted by Gasteiger charge is -2.34. The third-order valence-electron chi connectivity index (χ3n) is 2.92. The Morgan fingerprint density at radius 3 is 2.36 bits per heavy atom. The molecule has 0 radical (unpaired) electrons. The maximum Gasteiger partial charge on any atom is 0.322 e. The molecule has 1 aromatic rings. The number of para-hydroxylation sites is 1. The highest BCUT2D eigenvalue weighted by molar-refractivity contribution is 5.55. The molecule has 1 aromatic carbocycles. The number of halogens is 1. The van der Waals surface area contributed by atoms with E-state index < -0.39 is 5.91 Å². The van der Waals surface area contributed by atoms with Gasteiger partial charge in [0, 0.05) is 5.56 Å². The van der Waals surface area contributed by atoms with Crippen LogP contribution in [0.1, 0.15) is 5.56 Å². The molecule has 0 spiro atoms. The van der Waals surface area contributed by atoms with Gasteiger partial charge in [-0.15, -0.1) is 0 Å². The highest BCUT2D eigenvalue weighted by Crippen LogP contribution is 2.39. The molecular formula is C10H14ClNO2. The summed E-state index contributed by atoms with van der Waals surface area (Å²) in [5, 5.41) is 19.5. The molecule has 0 unspecified atom stereocenters. The lowest BCUT2D eigenvalue weighted by molar-refractivity contribution is -0.232. The Bertz CT molecular complexity index is 350. The first-order valence-corrected chi connectivity index (χ1v) is 4.32. The number of rotatable bonds is 0. The Balaban J connectivity index is 0.000000980. The van der Waals surface area contributed by atoms with E-state index in [1.165, 1.54) is 0 Å². The first-order chi connectivity index (χ1) is 5.95. The van der Waals surface area contributed by atoms with Crippen LogP contribution in [0.5, 0.6) is 0 Å². The molecule has 1 aliphatic rings. The second kappa shape index (κ2) is 3.21. The molecule has 1 heterocycles. The molecule has 0 aliphatic carbocycles. The fourth-order valence-electron chi connectivity index (χ4n) is 1.85. The number of likely N-dealkylation sites (N-methyl/N-ethyl adjacent to an activating group) is 1. The number of benzene rings is 1. The summed E-state index contributed by atoms with van der Waals surface area (Å²) < 4.78 is 0.114. The van der Waals surface area contributed by atoms with E-state index in [2.05, 4.69) is 0 Å². The molecule has 2 N–H and O–H groups in total. The van der Waals surface area contributed by atoms with Crippen molar-refractivity contribution < 1.29 is 22.6 Å². The van der Waals surface area contributed by atoms with Gasteiger partial charge >= 0.3 is 5.91 Å². The summed E-state index contributed by atoms with van der Waals surface area (Å²) in [4.78, 5) is 0. The Morgan fingerprint density at radius 1 is 1.21 bits per heavy atom. The Hall–Kier alpha value is -0.610. The fraction of sp³-hybridized carbons (Fsp3) is 0.400. The van der Waals surface area contributed by atoms with Gasteiger partial charge in [-0.2, -0.15) is 0 Å². The molecule has 0 saturated carbocycles. The first kappa shape index (κ1) is 11.5. The lowest BCUT2D eigenvalue weighted by atomic mass is 10.1. The standard InChI is InChI=1S/C10H14NO2.ClH/c1-11(2)9-6-4-3-5-8(9)7-10(11,12)13;/h3-6,12-13H,7H2,1-2H3;1H/q+1;/p-1. The van der Waals surface area contributed by atoms with Gasteiger partial charge in [0.2, 0.25) is 0 Å². The second-order valence-electron chi connectivity index (χ2n) is 4.03. The van der Waals surface area contributed by atoms with Gasteiger partial charge in [0.1, 0.15) is 5.69 Å². The summed E-state index contributed by atoms with van der Waals surface area (Å²) in [6.45, 7) is 0. The second-order valence-corrected chi connectivity index (χ2v) is 4.03. The van der Waals surface area contributed by atoms with Crippen LogP contribution in [0.3, 0.4) is 0 Å². The number of hydrogen-bond acceptors (Lipinski definition) is 2. The lowest BCUT2D eigenvalue weighted by Crippen LogP contribution is -3.00. The van der Waals surface area contributed by atoms with E-state index in [-0.39, 0.29) is 16.9 Å². The van der Waals surface area contributed by atoms with Gasteiger partial charge in [0.05, 0.1) is 20.5 Å². The van der Waals surface area contributed by atoms with Crippen LogP contribution < -0.4 is 16.9 Å². The van der Waals surface area contributed by atoms with E-state index in [0.717, 1.165) is 11.3 Å². The summed E-state index contributed by atoms with van der Waals surface area (Å²) >= 11 is 0. The zero-order valence-corrected chi connectivity index (χ0v) is 8.99. The third-order valence-corrected chi connectivity index (χ3v) is 2.92. The van der Waals surface area contributed by atoms with Crippen molar-refractivity contribution in [3.8, 4) is 0 Å². The Labute approximate surface area is 89.6 Å². The van der Waals surface area contributed by atoms with Crippen molar-refractivity contribution in [2.45, 2.75) is 12.3 Å². The van der Waals surface area contributed by atoms with Gasteiger partial charge < -0.3 is 22.6 Å². The first-order valence-electron chi connectivity index (χ1n) is 4.32. The number of fused-ring (bicyclic) bond motifs is 1. The van der Waals surface area contributed by atoms with Crippen molar-refractivity contribution in [1.29, 1.82) is 0 Å². The van der Waals surface area contributed by atoms with Crippen LogP contribution in [0.25, 0.3) is 0 Å². The fourth-order valence-corrected chi connectivity index (χ4v) is 1.85. The minimum Gasteiger partial charge on any atom is -1.00 e. The van der Waals surface area contributed by atoms with Gasteiger partial charge in [0.15, 0.2) is 0 Å². The van der Waals surface area contributed by atoms with Crippen LogP contribution in [0.4, 0.5) is 5.69 Å². The van der Waals surface area contributed by atoms with Gasteiger partial charge in [-0.1, -0.05) is 18.2 Å². The summed E-state index contributed by atoms with van der Waals surface area (Å²) in [6, 6.07) is 7.70. The third kappa shape index (κ3) is 1.33. The van der Waals surface area contributed by atoms with Crippen LogP contribution in [-0.4, -0.2) is 30.2 Å². The Morgan fingerprint density at radius 2 is 1.79 bits per heavy atom. The van der Waals surface area contributed by atoms with E-state index in [4.69, 9.17) is 0 Å². The smallest absolute Gasteiger partial charge is 0.322 e. The van der Waals surface area contributed by atoms with E-state index in [9.17, 15) is 10.2 Å². The van der Waals surface area contributed by atoms with E-state index in [1.54, 1.807) is 14.1 Å². The predicted octanol–water partition coefficient (Wildman–Crippen LogP) is -2.55. The van der Waals surface area contributed by atoms with Crippen molar-refractivity contribution in [3.63, 3.8) is 0 Å². The highest BCUT2D eigenvalue weighted by atomic mass is 35.5. The van der Waals surface area contributed by atoms with Crippen molar-refractivity contribution in [1.82, 2.24) is 4.48 Å². The molecule has 3 nitrogen and oxygen atoms in total. The average Bonchev–Trinajstić information content (AvgIpc) is 2.20.